The molecule has 1 aliphatic rings. The number of benzene rings is 1. The van der Waals surface area contributed by atoms with Crippen molar-refractivity contribution in [2.45, 2.75) is 38.6 Å². The summed E-state index contributed by atoms with van der Waals surface area (Å²) in [4.78, 5) is 3.93. The molecule has 1 aliphatic heterocycles. The Hall–Kier alpha value is -1.02. The minimum absolute atomic E-state index is 1.20. The summed E-state index contributed by atoms with van der Waals surface area (Å²) in [6, 6.07) is 9.06. The van der Waals surface area contributed by atoms with Crippen molar-refractivity contribution in [1.82, 2.24) is 0 Å². The number of rotatable bonds is 3. The van der Waals surface area contributed by atoms with Gasteiger partial charge in [0.1, 0.15) is 6.54 Å². The standard InChI is InChI=1S/C16H26N2/c1-17(2)16-10-8-15(9-11-16)14-18-12-6-4-3-5-7-13-18/h8-11H,3-7,12-14H2,1-2H3/p+1. The van der Waals surface area contributed by atoms with Gasteiger partial charge in [-0.1, -0.05) is 18.6 Å². The highest BCUT2D eigenvalue weighted by molar-refractivity contribution is 5.45. The van der Waals surface area contributed by atoms with Crippen molar-refractivity contribution < 1.29 is 4.90 Å². The van der Waals surface area contributed by atoms with Crippen molar-refractivity contribution in [2.75, 3.05) is 32.1 Å². The second kappa shape index (κ2) is 6.79. The van der Waals surface area contributed by atoms with E-state index in [2.05, 4.69) is 43.3 Å². The molecule has 0 bridgehead atoms. The van der Waals surface area contributed by atoms with Crippen LogP contribution < -0.4 is 9.80 Å². The number of nitrogens with one attached hydrogen (secondary N) is 1. The van der Waals surface area contributed by atoms with Crippen LogP contribution in [0.4, 0.5) is 5.69 Å². The number of hydrogen-bond acceptors (Lipinski definition) is 1. The van der Waals surface area contributed by atoms with Crippen LogP contribution in [0.5, 0.6) is 0 Å². The zero-order valence-electron chi connectivity index (χ0n) is 11.9. The zero-order valence-corrected chi connectivity index (χ0v) is 11.9. The Balaban J connectivity index is 1.90. The van der Waals surface area contributed by atoms with Crippen LogP contribution >= 0.6 is 0 Å². The van der Waals surface area contributed by atoms with Crippen LogP contribution in [0.3, 0.4) is 0 Å². The van der Waals surface area contributed by atoms with E-state index < -0.39 is 0 Å². The van der Waals surface area contributed by atoms with Gasteiger partial charge in [0.25, 0.3) is 0 Å². The van der Waals surface area contributed by atoms with E-state index in [1.165, 1.54) is 63.0 Å². The molecule has 1 N–H and O–H groups in total. The van der Waals surface area contributed by atoms with Crippen LogP contribution in [0.2, 0.25) is 0 Å². The first-order valence-electron chi connectivity index (χ1n) is 7.35. The van der Waals surface area contributed by atoms with Gasteiger partial charge in [-0.15, -0.1) is 0 Å². The van der Waals surface area contributed by atoms with Gasteiger partial charge in [0.2, 0.25) is 0 Å². The van der Waals surface area contributed by atoms with Crippen LogP contribution in [-0.4, -0.2) is 27.2 Å². The second-order valence-electron chi connectivity index (χ2n) is 5.76. The predicted octanol–water partition coefficient (Wildman–Crippen LogP) is 2.10. The lowest BCUT2D eigenvalue weighted by molar-refractivity contribution is -0.914. The molecule has 2 nitrogen and oxygen atoms in total. The summed E-state index contributed by atoms with van der Waals surface area (Å²) < 4.78 is 0. The van der Waals surface area contributed by atoms with E-state index in [1.54, 1.807) is 4.90 Å². The molecule has 0 saturated carbocycles. The van der Waals surface area contributed by atoms with Crippen molar-refractivity contribution in [3.8, 4) is 0 Å². The van der Waals surface area contributed by atoms with Crippen molar-refractivity contribution in [1.29, 1.82) is 0 Å². The highest BCUT2D eigenvalue weighted by Gasteiger charge is 2.11. The summed E-state index contributed by atoms with van der Waals surface area (Å²) >= 11 is 0. The summed E-state index contributed by atoms with van der Waals surface area (Å²) in [6.07, 6.45) is 7.13. The molecule has 0 amide bonds. The first-order valence-corrected chi connectivity index (χ1v) is 7.35. The molecule has 1 fully saturated rings. The maximum Gasteiger partial charge on any atom is 0.103 e. The van der Waals surface area contributed by atoms with Gasteiger partial charge in [-0.25, -0.2) is 0 Å². The van der Waals surface area contributed by atoms with Crippen LogP contribution in [0.1, 0.15) is 37.7 Å². The topological polar surface area (TPSA) is 7.68 Å². The second-order valence-corrected chi connectivity index (χ2v) is 5.76. The summed E-state index contributed by atoms with van der Waals surface area (Å²) in [5.41, 5.74) is 2.78. The summed E-state index contributed by atoms with van der Waals surface area (Å²) in [7, 11) is 4.19. The fourth-order valence-electron chi connectivity index (χ4n) is 2.78. The third kappa shape index (κ3) is 4.02. The third-order valence-electron chi connectivity index (χ3n) is 3.97. The lowest BCUT2D eigenvalue weighted by atomic mass is 10.1. The Morgan fingerprint density at radius 3 is 2.00 bits per heavy atom. The van der Waals surface area contributed by atoms with Crippen molar-refractivity contribution >= 4 is 5.69 Å². The molecular weight excluding hydrogens is 220 g/mol. The average molecular weight is 247 g/mol. The number of nitrogens with zero attached hydrogens (tertiary/aromatic N) is 1. The molecule has 0 aliphatic carbocycles. The van der Waals surface area contributed by atoms with E-state index in [0.717, 1.165) is 0 Å². The minimum atomic E-state index is 1.20. The SMILES string of the molecule is CN(C)c1ccc(C[NH+]2CCCCCCC2)cc1. The van der Waals surface area contributed by atoms with E-state index >= 15 is 0 Å². The molecule has 1 heterocycles. The Bertz CT molecular complexity index is 335. The van der Waals surface area contributed by atoms with Crippen molar-refractivity contribution in [3.63, 3.8) is 0 Å². The maximum absolute atomic E-state index is 2.29. The first-order chi connectivity index (χ1) is 8.75. The Morgan fingerprint density at radius 2 is 1.44 bits per heavy atom. The molecule has 0 radical (unpaired) electrons. The highest BCUT2D eigenvalue weighted by atomic mass is 15.1. The Labute approximate surface area is 112 Å². The third-order valence-corrected chi connectivity index (χ3v) is 3.97. The van der Waals surface area contributed by atoms with Gasteiger partial charge in [0.15, 0.2) is 0 Å². The zero-order chi connectivity index (χ0) is 12.8. The fraction of sp³-hybridized carbons (Fsp3) is 0.625. The molecule has 0 aromatic heterocycles. The molecular formula is C16H27N2+. The van der Waals surface area contributed by atoms with E-state index in [9.17, 15) is 0 Å². The summed E-state index contributed by atoms with van der Waals surface area (Å²) in [5, 5.41) is 0. The van der Waals surface area contributed by atoms with Gasteiger partial charge in [-0.3, -0.25) is 0 Å². The largest absolute Gasteiger partial charge is 0.378 e. The maximum atomic E-state index is 2.29. The lowest BCUT2D eigenvalue weighted by Gasteiger charge is -2.22. The van der Waals surface area contributed by atoms with Gasteiger partial charge in [0, 0.05) is 25.3 Å². The van der Waals surface area contributed by atoms with Gasteiger partial charge < -0.3 is 9.80 Å². The molecule has 100 valence electrons. The molecule has 0 atom stereocenters. The number of likely N-dealkylation sites (tertiary alicyclic amines) is 1. The Kier molecular flexibility index (Phi) is 5.06. The van der Waals surface area contributed by atoms with Crippen molar-refractivity contribution in [2.24, 2.45) is 0 Å². The molecule has 1 saturated heterocycles. The minimum Gasteiger partial charge on any atom is -0.378 e. The molecule has 2 rings (SSSR count). The van der Waals surface area contributed by atoms with Gasteiger partial charge >= 0.3 is 0 Å². The smallest absolute Gasteiger partial charge is 0.103 e. The molecule has 2 heteroatoms. The molecule has 1 aromatic carbocycles. The van der Waals surface area contributed by atoms with E-state index in [-0.39, 0.29) is 0 Å². The van der Waals surface area contributed by atoms with E-state index in [1.807, 2.05) is 0 Å². The van der Waals surface area contributed by atoms with Gasteiger partial charge in [-0.05, 0) is 37.8 Å². The fourth-order valence-corrected chi connectivity index (χ4v) is 2.78. The highest BCUT2D eigenvalue weighted by Crippen LogP contribution is 2.11. The van der Waals surface area contributed by atoms with Gasteiger partial charge in [-0.2, -0.15) is 0 Å². The number of anilines is 1. The average Bonchev–Trinajstić information content (AvgIpc) is 2.33. The van der Waals surface area contributed by atoms with Crippen molar-refractivity contribution in [3.05, 3.63) is 29.8 Å². The van der Waals surface area contributed by atoms with Crippen LogP contribution in [0.25, 0.3) is 0 Å². The van der Waals surface area contributed by atoms with Crippen LogP contribution in [0, 0.1) is 0 Å². The Morgan fingerprint density at radius 1 is 0.889 bits per heavy atom. The first kappa shape index (κ1) is 13.4. The molecule has 0 spiro atoms. The summed E-state index contributed by atoms with van der Waals surface area (Å²) in [6.45, 7) is 3.92. The normalized spacial score (nSPS) is 18.1. The predicted molar refractivity (Wildman–Crippen MR) is 78.3 cm³/mol. The van der Waals surface area contributed by atoms with E-state index in [0.29, 0.717) is 0 Å². The lowest BCUT2D eigenvalue weighted by Crippen LogP contribution is -3.10. The van der Waals surface area contributed by atoms with Crippen LogP contribution in [-0.2, 0) is 6.54 Å². The molecule has 18 heavy (non-hydrogen) atoms. The molecule has 1 aromatic rings. The van der Waals surface area contributed by atoms with Gasteiger partial charge in [0.05, 0.1) is 13.1 Å². The van der Waals surface area contributed by atoms with E-state index in [4.69, 9.17) is 0 Å². The van der Waals surface area contributed by atoms with Crippen LogP contribution in [0.15, 0.2) is 24.3 Å². The quantitative estimate of drug-likeness (QED) is 0.859. The number of hydrogen-bond donors (Lipinski definition) is 1. The molecule has 0 unspecified atom stereocenters. The monoisotopic (exact) mass is 247 g/mol. The number of quaternary nitrogens is 1. The summed E-state index contributed by atoms with van der Waals surface area (Å²) in [5.74, 6) is 0.